The first-order valence-electron chi connectivity index (χ1n) is 10.6. The Morgan fingerprint density at radius 2 is 1.77 bits per heavy atom. The maximum atomic E-state index is 14.6. The highest BCUT2D eigenvalue weighted by Gasteiger charge is 2.31. The van der Waals surface area contributed by atoms with Crippen molar-refractivity contribution in [1.29, 1.82) is 0 Å². The van der Waals surface area contributed by atoms with Crippen molar-refractivity contribution in [2.75, 3.05) is 32.7 Å². The number of sulfonamides is 1. The van der Waals surface area contributed by atoms with Crippen LogP contribution in [-0.4, -0.2) is 67.2 Å². The average molecular weight is 448 g/mol. The Kier molecular flexibility index (Phi) is 7.46. The van der Waals surface area contributed by atoms with Gasteiger partial charge in [0.1, 0.15) is 5.82 Å². The zero-order chi connectivity index (χ0) is 22.6. The van der Waals surface area contributed by atoms with E-state index in [-0.39, 0.29) is 16.5 Å². The molecule has 1 heterocycles. The third kappa shape index (κ3) is 5.14. The van der Waals surface area contributed by atoms with Gasteiger partial charge < -0.3 is 4.90 Å². The van der Waals surface area contributed by atoms with E-state index < -0.39 is 21.7 Å². The van der Waals surface area contributed by atoms with Gasteiger partial charge in [-0.25, -0.2) is 12.8 Å². The molecule has 2 aromatic rings. The second kappa shape index (κ2) is 9.89. The monoisotopic (exact) mass is 447 g/mol. The third-order valence-electron chi connectivity index (χ3n) is 5.73. The molecule has 1 amide bonds. The summed E-state index contributed by atoms with van der Waals surface area (Å²) in [6, 6.07) is 13.5. The lowest BCUT2D eigenvalue weighted by atomic mass is 10.1. The highest BCUT2D eigenvalue weighted by molar-refractivity contribution is 7.89. The van der Waals surface area contributed by atoms with E-state index in [0.717, 1.165) is 12.6 Å². The summed E-state index contributed by atoms with van der Waals surface area (Å²) in [6.45, 7) is 8.62. The Morgan fingerprint density at radius 1 is 1.10 bits per heavy atom. The molecule has 0 N–H and O–H groups in total. The Bertz CT molecular complexity index is 1010. The van der Waals surface area contributed by atoms with Crippen molar-refractivity contribution in [3.63, 3.8) is 0 Å². The van der Waals surface area contributed by atoms with Gasteiger partial charge in [-0.2, -0.15) is 4.31 Å². The molecule has 0 bridgehead atoms. The molecule has 0 unspecified atom stereocenters. The Balaban J connectivity index is 1.77. The molecule has 8 heteroatoms. The lowest BCUT2D eigenvalue weighted by Gasteiger charge is -2.40. The van der Waals surface area contributed by atoms with E-state index in [9.17, 15) is 17.6 Å². The Labute approximate surface area is 184 Å². The maximum Gasteiger partial charge on any atom is 0.257 e. The maximum absolute atomic E-state index is 14.6. The van der Waals surface area contributed by atoms with Gasteiger partial charge in [0.15, 0.2) is 0 Å². The predicted molar refractivity (Wildman–Crippen MR) is 119 cm³/mol. The van der Waals surface area contributed by atoms with Crippen LogP contribution in [0.1, 0.15) is 36.7 Å². The number of piperazine rings is 1. The zero-order valence-electron chi connectivity index (χ0n) is 18.3. The van der Waals surface area contributed by atoms with Gasteiger partial charge in [0, 0.05) is 45.3 Å². The molecule has 2 aromatic carbocycles. The van der Waals surface area contributed by atoms with E-state index in [1.165, 1.54) is 22.0 Å². The van der Waals surface area contributed by atoms with Crippen LogP contribution in [-0.2, 0) is 16.6 Å². The fourth-order valence-corrected chi connectivity index (χ4v) is 5.50. The molecule has 3 rings (SSSR count). The number of hydrogen-bond acceptors (Lipinski definition) is 4. The van der Waals surface area contributed by atoms with Crippen molar-refractivity contribution in [1.82, 2.24) is 14.1 Å². The van der Waals surface area contributed by atoms with Gasteiger partial charge >= 0.3 is 0 Å². The van der Waals surface area contributed by atoms with Crippen molar-refractivity contribution in [3.05, 3.63) is 65.5 Å². The molecular formula is C23H30FN3O3S. The summed E-state index contributed by atoms with van der Waals surface area (Å²) in [5.74, 6) is -1.18. The van der Waals surface area contributed by atoms with Crippen molar-refractivity contribution < 1.29 is 17.6 Å². The van der Waals surface area contributed by atoms with Gasteiger partial charge in [-0.3, -0.25) is 9.69 Å². The van der Waals surface area contributed by atoms with Gasteiger partial charge in [0.2, 0.25) is 10.0 Å². The Morgan fingerprint density at radius 3 is 2.39 bits per heavy atom. The quantitative estimate of drug-likeness (QED) is 0.654. The fourth-order valence-electron chi connectivity index (χ4n) is 4.02. The molecule has 1 aliphatic heterocycles. The first-order valence-corrected chi connectivity index (χ1v) is 12.1. The summed E-state index contributed by atoms with van der Waals surface area (Å²) in [5.41, 5.74) is 1.01. The van der Waals surface area contributed by atoms with Gasteiger partial charge in [-0.1, -0.05) is 44.2 Å². The fraction of sp³-hybridized carbons (Fsp3) is 0.435. The Hall–Kier alpha value is -2.29. The first-order chi connectivity index (χ1) is 14.8. The van der Waals surface area contributed by atoms with Crippen LogP contribution < -0.4 is 0 Å². The number of hydrogen-bond donors (Lipinski definition) is 0. The number of halogens is 1. The molecule has 1 atom stereocenters. The molecule has 31 heavy (non-hydrogen) atoms. The van der Waals surface area contributed by atoms with Crippen molar-refractivity contribution in [2.24, 2.45) is 0 Å². The van der Waals surface area contributed by atoms with Gasteiger partial charge in [-0.05, 0) is 30.7 Å². The minimum absolute atomic E-state index is 0.0590. The summed E-state index contributed by atoms with van der Waals surface area (Å²) in [5, 5.41) is 0. The second-order valence-corrected chi connectivity index (χ2v) is 9.74. The third-order valence-corrected chi connectivity index (χ3v) is 7.78. The normalized spacial score (nSPS) is 17.8. The standard InChI is InChI=1S/C23H30FN3O3S/c1-4-26(5-2)31(29,30)20-11-12-22(24)21(15-20)23(28)27-14-13-25(16-18(27)3)17-19-9-7-6-8-10-19/h6-12,15,18H,4-5,13-14,16-17H2,1-3H3/t18-/m1/s1. The molecular weight excluding hydrogens is 417 g/mol. The lowest BCUT2D eigenvalue weighted by molar-refractivity contribution is 0.0471. The second-order valence-electron chi connectivity index (χ2n) is 7.80. The molecule has 0 saturated carbocycles. The van der Waals surface area contributed by atoms with Crippen LogP contribution in [0.2, 0.25) is 0 Å². The summed E-state index contributed by atoms with van der Waals surface area (Å²) < 4.78 is 41.5. The lowest BCUT2D eigenvalue weighted by Crippen LogP contribution is -2.53. The summed E-state index contributed by atoms with van der Waals surface area (Å²) in [7, 11) is -3.77. The first kappa shape index (κ1) is 23.4. The van der Waals surface area contributed by atoms with E-state index in [1.807, 2.05) is 25.1 Å². The van der Waals surface area contributed by atoms with Crippen LogP contribution in [0.3, 0.4) is 0 Å². The molecule has 0 radical (unpaired) electrons. The van der Waals surface area contributed by atoms with Crippen LogP contribution in [0.4, 0.5) is 4.39 Å². The smallest absolute Gasteiger partial charge is 0.257 e. The van der Waals surface area contributed by atoms with Crippen molar-refractivity contribution in [2.45, 2.75) is 38.3 Å². The van der Waals surface area contributed by atoms with Crippen molar-refractivity contribution in [3.8, 4) is 0 Å². The van der Waals surface area contributed by atoms with E-state index in [4.69, 9.17) is 0 Å². The molecule has 6 nitrogen and oxygen atoms in total. The number of amides is 1. The minimum Gasteiger partial charge on any atom is -0.333 e. The number of carbonyl (C=O) groups is 1. The zero-order valence-corrected chi connectivity index (χ0v) is 19.1. The van der Waals surface area contributed by atoms with E-state index >= 15 is 0 Å². The molecule has 0 aliphatic carbocycles. The largest absolute Gasteiger partial charge is 0.333 e. The van der Waals surface area contributed by atoms with Crippen LogP contribution in [0.5, 0.6) is 0 Å². The van der Waals surface area contributed by atoms with Gasteiger partial charge in [0.05, 0.1) is 10.5 Å². The van der Waals surface area contributed by atoms with E-state index in [2.05, 4.69) is 17.0 Å². The molecule has 1 saturated heterocycles. The van der Waals surface area contributed by atoms with E-state index in [1.54, 1.807) is 18.7 Å². The highest BCUT2D eigenvalue weighted by atomic mass is 32.2. The number of carbonyl (C=O) groups excluding carboxylic acids is 1. The van der Waals surface area contributed by atoms with E-state index in [0.29, 0.717) is 32.7 Å². The minimum atomic E-state index is -3.77. The topological polar surface area (TPSA) is 60.9 Å². The summed E-state index contributed by atoms with van der Waals surface area (Å²) >= 11 is 0. The predicted octanol–water partition coefficient (Wildman–Crippen LogP) is 3.20. The van der Waals surface area contributed by atoms with Crippen LogP contribution >= 0.6 is 0 Å². The molecule has 168 valence electrons. The SMILES string of the molecule is CCN(CC)S(=O)(=O)c1ccc(F)c(C(=O)N2CCN(Cc3ccccc3)C[C@H]2C)c1. The van der Waals surface area contributed by atoms with Gasteiger partial charge in [-0.15, -0.1) is 0 Å². The van der Waals surface area contributed by atoms with Gasteiger partial charge in [0.25, 0.3) is 5.91 Å². The molecule has 1 fully saturated rings. The number of rotatable bonds is 7. The highest BCUT2D eigenvalue weighted by Crippen LogP contribution is 2.22. The summed E-state index contributed by atoms with van der Waals surface area (Å²) in [6.07, 6.45) is 0. The van der Waals surface area contributed by atoms with Crippen LogP contribution in [0, 0.1) is 5.82 Å². The average Bonchev–Trinajstić information content (AvgIpc) is 2.75. The molecule has 1 aliphatic rings. The van der Waals surface area contributed by atoms with Crippen LogP contribution in [0.25, 0.3) is 0 Å². The number of nitrogens with zero attached hydrogens (tertiary/aromatic N) is 3. The molecule has 0 aromatic heterocycles. The molecule has 0 spiro atoms. The number of benzene rings is 2. The summed E-state index contributed by atoms with van der Waals surface area (Å²) in [4.78, 5) is 17.0. The van der Waals surface area contributed by atoms with Crippen LogP contribution in [0.15, 0.2) is 53.4 Å². The van der Waals surface area contributed by atoms with Crippen molar-refractivity contribution >= 4 is 15.9 Å².